The van der Waals surface area contributed by atoms with Crippen LogP contribution in [0, 0.1) is 5.82 Å². The molecule has 1 aromatic rings. The largest absolute Gasteiger partial charge is 0.508 e. The molecular weight excluding hydrogens is 167 g/mol. The van der Waals surface area contributed by atoms with Gasteiger partial charge >= 0.3 is 0 Å². The van der Waals surface area contributed by atoms with E-state index in [1.165, 1.54) is 6.07 Å². The second-order valence-corrected chi connectivity index (χ2v) is 2.01. The van der Waals surface area contributed by atoms with Crippen LogP contribution in [0.4, 0.5) is 4.39 Å². The Balaban J connectivity index is 0.000000461. The number of hydrogen-bond acceptors (Lipinski definition) is 1. The lowest BCUT2D eigenvalue weighted by atomic mass is 10.3. The van der Waals surface area contributed by atoms with Crippen LogP contribution in [0.5, 0.6) is 5.75 Å². The lowest BCUT2D eigenvalue weighted by molar-refractivity contribution is 0.473. The van der Waals surface area contributed by atoms with Crippen molar-refractivity contribution in [2.75, 3.05) is 0 Å². The number of phenols is 1. The molecule has 0 aliphatic carbocycles. The maximum absolute atomic E-state index is 12.3. The van der Waals surface area contributed by atoms with Crippen molar-refractivity contribution in [1.29, 1.82) is 0 Å². The van der Waals surface area contributed by atoms with Crippen LogP contribution < -0.4 is 0 Å². The Morgan fingerprint density at radius 1 is 1.36 bits per heavy atom. The summed E-state index contributed by atoms with van der Waals surface area (Å²) in [6.07, 6.45) is 0. The van der Waals surface area contributed by atoms with Crippen molar-refractivity contribution in [3.63, 3.8) is 0 Å². The first kappa shape index (κ1) is 10.2. The van der Waals surface area contributed by atoms with E-state index in [0.717, 1.165) is 12.1 Å². The highest BCUT2D eigenvalue weighted by Gasteiger charge is 1.97. The number of rotatable bonds is 0. The topological polar surface area (TPSA) is 20.2 Å². The standard InChI is InChI=1S/C6H4ClFO.C2H6/c7-5-3-4(9)1-2-6(5)8;1-2/h1-3,9H;1-2H3. The summed E-state index contributed by atoms with van der Waals surface area (Å²) in [6.45, 7) is 4.00. The Labute approximate surface area is 70.4 Å². The molecule has 1 rings (SSSR count). The minimum Gasteiger partial charge on any atom is -0.508 e. The van der Waals surface area contributed by atoms with Crippen LogP contribution in [-0.2, 0) is 0 Å². The summed E-state index contributed by atoms with van der Waals surface area (Å²) in [5.74, 6) is -0.545. The van der Waals surface area contributed by atoms with Crippen molar-refractivity contribution in [3.05, 3.63) is 29.0 Å². The maximum Gasteiger partial charge on any atom is 0.142 e. The second-order valence-electron chi connectivity index (χ2n) is 1.60. The molecular formula is C8H10ClFO. The van der Waals surface area contributed by atoms with Gasteiger partial charge in [-0.25, -0.2) is 4.39 Å². The van der Waals surface area contributed by atoms with Gasteiger partial charge in [0.05, 0.1) is 5.02 Å². The van der Waals surface area contributed by atoms with E-state index in [4.69, 9.17) is 16.7 Å². The predicted molar refractivity (Wildman–Crippen MR) is 44.4 cm³/mol. The highest BCUT2D eigenvalue weighted by Crippen LogP contribution is 2.19. The molecule has 11 heavy (non-hydrogen) atoms. The molecule has 0 saturated heterocycles. The van der Waals surface area contributed by atoms with E-state index < -0.39 is 5.82 Å². The Kier molecular flexibility index (Phi) is 4.62. The van der Waals surface area contributed by atoms with E-state index in [2.05, 4.69) is 0 Å². The fourth-order valence-electron chi connectivity index (χ4n) is 0.485. The van der Waals surface area contributed by atoms with E-state index >= 15 is 0 Å². The van der Waals surface area contributed by atoms with Gasteiger partial charge < -0.3 is 5.11 Å². The van der Waals surface area contributed by atoms with Crippen molar-refractivity contribution >= 4 is 11.6 Å². The Hall–Kier alpha value is -0.760. The van der Waals surface area contributed by atoms with Crippen LogP contribution >= 0.6 is 11.6 Å². The van der Waals surface area contributed by atoms with Gasteiger partial charge in [0.2, 0.25) is 0 Å². The monoisotopic (exact) mass is 176 g/mol. The zero-order valence-corrected chi connectivity index (χ0v) is 7.19. The van der Waals surface area contributed by atoms with Crippen molar-refractivity contribution in [1.82, 2.24) is 0 Å². The molecule has 0 heterocycles. The molecule has 0 radical (unpaired) electrons. The molecule has 0 bridgehead atoms. The summed E-state index contributed by atoms with van der Waals surface area (Å²) >= 11 is 5.28. The summed E-state index contributed by atoms with van der Waals surface area (Å²) in [4.78, 5) is 0. The average Bonchev–Trinajstić information content (AvgIpc) is 2.02. The molecule has 3 heteroatoms. The summed E-state index contributed by atoms with van der Waals surface area (Å²) < 4.78 is 12.3. The highest BCUT2D eigenvalue weighted by molar-refractivity contribution is 6.30. The third-order valence-electron chi connectivity index (χ3n) is 0.903. The molecule has 1 aromatic carbocycles. The quantitative estimate of drug-likeness (QED) is 0.644. The van der Waals surface area contributed by atoms with Crippen LogP contribution in [0.15, 0.2) is 18.2 Å². The number of halogens is 2. The second kappa shape index (κ2) is 4.97. The third kappa shape index (κ3) is 3.23. The van der Waals surface area contributed by atoms with Gasteiger partial charge in [0.25, 0.3) is 0 Å². The zero-order chi connectivity index (χ0) is 8.85. The molecule has 0 spiro atoms. The summed E-state index contributed by atoms with van der Waals surface area (Å²) in [7, 11) is 0. The van der Waals surface area contributed by atoms with E-state index in [1.54, 1.807) is 0 Å². The average molecular weight is 177 g/mol. The Morgan fingerprint density at radius 2 is 1.91 bits per heavy atom. The Bertz CT molecular complexity index is 225. The lowest BCUT2D eigenvalue weighted by Crippen LogP contribution is -1.72. The first-order chi connectivity index (χ1) is 5.20. The van der Waals surface area contributed by atoms with Crippen molar-refractivity contribution in [3.8, 4) is 5.75 Å². The molecule has 0 saturated carbocycles. The SMILES string of the molecule is CC.Oc1ccc(F)c(Cl)c1. The van der Waals surface area contributed by atoms with Gasteiger partial charge in [0.1, 0.15) is 11.6 Å². The number of benzene rings is 1. The lowest BCUT2D eigenvalue weighted by Gasteiger charge is -1.92. The van der Waals surface area contributed by atoms with Gasteiger partial charge in [-0.2, -0.15) is 0 Å². The molecule has 0 atom stereocenters. The molecule has 0 fully saturated rings. The summed E-state index contributed by atoms with van der Waals surface area (Å²) in [5.41, 5.74) is 0. The van der Waals surface area contributed by atoms with Crippen molar-refractivity contribution in [2.45, 2.75) is 13.8 Å². The molecule has 62 valence electrons. The first-order valence-electron chi connectivity index (χ1n) is 3.34. The third-order valence-corrected chi connectivity index (χ3v) is 1.19. The van der Waals surface area contributed by atoms with Crippen LogP contribution in [0.25, 0.3) is 0 Å². The molecule has 0 aromatic heterocycles. The van der Waals surface area contributed by atoms with Crippen molar-refractivity contribution < 1.29 is 9.50 Å². The van der Waals surface area contributed by atoms with Crippen LogP contribution in [0.2, 0.25) is 5.02 Å². The van der Waals surface area contributed by atoms with Crippen LogP contribution in [0.3, 0.4) is 0 Å². The van der Waals surface area contributed by atoms with Gasteiger partial charge in [-0.3, -0.25) is 0 Å². The fraction of sp³-hybridized carbons (Fsp3) is 0.250. The maximum atomic E-state index is 12.3. The smallest absolute Gasteiger partial charge is 0.142 e. The fourth-order valence-corrected chi connectivity index (χ4v) is 0.660. The number of aromatic hydroxyl groups is 1. The van der Waals surface area contributed by atoms with Crippen molar-refractivity contribution in [2.24, 2.45) is 0 Å². The number of hydrogen-bond donors (Lipinski definition) is 1. The van der Waals surface area contributed by atoms with Crippen LogP contribution in [-0.4, -0.2) is 5.11 Å². The van der Waals surface area contributed by atoms with E-state index in [0.29, 0.717) is 0 Å². The van der Waals surface area contributed by atoms with Gasteiger partial charge in [-0.1, -0.05) is 25.4 Å². The van der Waals surface area contributed by atoms with E-state index in [1.807, 2.05) is 13.8 Å². The van der Waals surface area contributed by atoms with Gasteiger partial charge in [0, 0.05) is 6.07 Å². The van der Waals surface area contributed by atoms with Gasteiger partial charge in [0.15, 0.2) is 0 Å². The molecule has 0 unspecified atom stereocenters. The van der Waals surface area contributed by atoms with Gasteiger partial charge in [-0.15, -0.1) is 0 Å². The summed E-state index contributed by atoms with van der Waals surface area (Å²) in [5, 5.41) is 8.63. The predicted octanol–water partition coefficient (Wildman–Crippen LogP) is 3.21. The zero-order valence-electron chi connectivity index (χ0n) is 6.44. The molecule has 1 nitrogen and oxygen atoms in total. The molecule has 0 aliphatic heterocycles. The molecule has 0 aliphatic rings. The first-order valence-corrected chi connectivity index (χ1v) is 3.72. The van der Waals surface area contributed by atoms with E-state index in [-0.39, 0.29) is 10.8 Å². The molecule has 1 N–H and O–H groups in total. The number of phenolic OH excluding ortho intramolecular Hbond substituents is 1. The highest BCUT2D eigenvalue weighted by atomic mass is 35.5. The van der Waals surface area contributed by atoms with Gasteiger partial charge in [-0.05, 0) is 12.1 Å². The van der Waals surface area contributed by atoms with E-state index in [9.17, 15) is 4.39 Å². The normalized spacial score (nSPS) is 8.36. The minimum absolute atomic E-state index is 0.0265. The molecule has 0 amide bonds. The minimum atomic E-state index is -0.519. The Morgan fingerprint density at radius 3 is 2.27 bits per heavy atom. The summed E-state index contributed by atoms with van der Waals surface area (Å²) in [6, 6.07) is 3.50. The van der Waals surface area contributed by atoms with Crippen LogP contribution in [0.1, 0.15) is 13.8 Å².